The molecule has 4 rings (SSSR count). The van der Waals surface area contributed by atoms with Crippen LogP contribution >= 0.6 is 0 Å². The van der Waals surface area contributed by atoms with Crippen LogP contribution in [-0.4, -0.2) is 62.6 Å². The molecule has 0 atom stereocenters. The lowest BCUT2D eigenvalue weighted by molar-refractivity contribution is -0.171. The predicted octanol–water partition coefficient (Wildman–Crippen LogP) is 4.30. The van der Waals surface area contributed by atoms with Gasteiger partial charge in [0.05, 0.1) is 13.2 Å². The molecular weight excluding hydrogens is 463 g/mol. The maximum absolute atomic E-state index is 12.9. The molecule has 0 unspecified atom stereocenters. The third-order valence-corrected chi connectivity index (χ3v) is 6.42. The molecule has 8 heteroatoms. The molecule has 2 aliphatic heterocycles. The second-order valence-electron chi connectivity index (χ2n) is 9.07. The van der Waals surface area contributed by atoms with Crippen LogP contribution in [0.15, 0.2) is 48.5 Å². The van der Waals surface area contributed by atoms with Crippen LogP contribution in [0.2, 0.25) is 0 Å². The molecular formula is C28H37FN2O5. The van der Waals surface area contributed by atoms with Gasteiger partial charge >= 0.3 is 0 Å². The maximum Gasteiger partial charge on any atom is 0.219 e. The predicted molar refractivity (Wildman–Crippen MR) is 135 cm³/mol. The van der Waals surface area contributed by atoms with Crippen molar-refractivity contribution in [2.24, 2.45) is 0 Å². The Morgan fingerprint density at radius 2 is 1.64 bits per heavy atom. The second-order valence-corrected chi connectivity index (χ2v) is 9.07. The number of piperidine rings is 1. The first-order valence-electron chi connectivity index (χ1n) is 12.5. The SMILES string of the molecule is CC(=O)c1ccc(OC2CCN(C(C)=O)CC2)cc1.CNCCCC1(c2ccc(F)cc2)OCCO1. The summed E-state index contributed by atoms with van der Waals surface area (Å²) in [4.78, 5) is 24.2. The average molecular weight is 501 g/mol. The van der Waals surface area contributed by atoms with E-state index in [1.807, 2.05) is 24.1 Å². The topological polar surface area (TPSA) is 77.1 Å². The highest BCUT2D eigenvalue weighted by molar-refractivity contribution is 5.94. The van der Waals surface area contributed by atoms with Gasteiger partial charge in [-0.05, 0) is 63.3 Å². The molecule has 2 saturated heterocycles. The highest BCUT2D eigenvalue weighted by Gasteiger charge is 2.37. The summed E-state index contributed by atoms with van der Waals surface area (Å²) in [6, 6.07) is 13.6. The fourth-order valence-corrected chi connectivity index (χ4v) is 4.36. The van der Waals surface area contributed by atoms with Gasteiger partial charge in [-0.1, -0.05) is 12.1 Å². The number of nitrogens with one attached hydrogen (secondary N) is 1. The van der Waals surface area contributed by atoms with Crippen LogP contribution in [0, 0.1) is 5.82 Å². The van der Waals surface area contributed by atoms with Crippen LogP contribution in [-0.2, 0) is 20.1 Å². The third kappa shape index (κ3) is 7.85. The number of amides is 1. The van der Waals surface area contributed by atoms with Crippen molar-refractivity contribution in [1.29, 1.82) is 0 Å². The number of carbonyl (C=O) groups is 2. The lowest BCUT2D eigenvalue weighted by atomic mass is 10.0. The van der Waals surface area contributed by atoms with Gasteiger partial charge in [-0.15, -0.1) is 0 Å². The van der Waals surface area contributed by atoms with Crippen molar-refractivity contribution >= 4 is 11.7 Å². The van der Waals surface area contributed by atoms with E-state index < -0.39 is 5.79 Å². The standard InChI is InChI=1S/C15H19NO3.C13H18FNO2/c1-11(17)13-3-5-14(6-4-13)19-15-7-9-16(10-8-15)12(2)18;1-15-8-2-7-13(16-9-10-17-13)11-3-5-12(14)6-4-11/h3-6,15H,7-10H2,1-2H3;3-6,15H,2,7-10H2,1H3. The first-order chi connectivity index (χ1) is 17.3. The average Bonchev–Trinajstić information content (AvgIpc) is 3.36. The number of hydrogen-bond donors (Lipinski definition) is 1. The Balaban J connectivity index is 0.000000202. The summed E-state index contributed by atoms with van der Waals surface area (Å²) in [5, 5.41) is 3.10. The Labute approximate surface area is 212 Å². The van der Waals surface area contributed by atoms with Gasteiger partial charge in [0.15, 0.2) is 11.6 Å². The zero-order chi connectivity index (χ0) is 26.0. The molecule has 2 aromatic rings. The summed E-state index contributed by atoms with van der Waals surface area (Å²) in [5.74, 6) is 0.0545. The van der Waals surface area contributed by atoms with Gasteiger partial charge in [0.2, 0.25) is 5.91 Å². The van der Waals surface area contributed by atoms with Crippen molar-refractivity contribution in [3.8, 4) is 5.75 Å². The van der Waals surface area contributed by atoms with Crippen LogP contribution in [0.3, 0.4) is 0 Å². The van der Waals surface area contributed by atoms with E-state index in [4.69, 9.17) is 14.2 Å². The van der Waals surface area contributed by atoms with E-state index in [1.54, 1.807) is 38.1 Å². The lowest BCUT2D eigenvalue weighted by Gasteiger charge is -2.31. The zero-order valence-corrected chi connectivity index (χ0v) is 21.4. The second kappa shape index (κ2) is 13.5. The zero-order valence-electron chi connectivity index (χ0n) is 21.4. The fourth-order valence-electron chi connectivity index (χ4n) is 4.36. The van der Waals surface area contributed by atoms with Gasteiger partial charge in [-0.25, -0.2) is 4.39 Å². The minimum absolute atomic E-state index is 0.0568. The minimum Gasteiger partial charge on any atom is -0.490 e. The summed E-state index contributed by atoms with van der Waals surface area (Å²) < 4.78 is 30.3. The monoisotopic (exact) mass is 500 g/mol. The molecule has 0 aromatic heterocycles. The summed E-state index contributed by atoms with van der Waals surface area (Å²) >= 11 is 0. The largest absolute Gasteiger partial charge is 0.490 e. The van der Waals surface area contributed by atoms with Crippen LogP contribution in [0.4, 0.5) is 4.39 Å². The van der Waals surface area contributed by atoms with Crippen LogP contribution in [0.1, 0.15) is 55.5 Å². The van der Waals surface area contributed by atoms with Crippen molar-refractivity contribution < 1.29 is 28.2 Å². The highest BCUT2D eigenvalue weighted by Crippen LogP contribution is 2.35. The molecule has 196 valence electrons. The molecule has 0 radical (unpaired) electrons. The maximum atomic E-state index is 12.9. The fraction of sp³-hybridized carbons (Fsp3) is 0.500. The summed E-state index contributed by atoms with van der Waals surface area (Å²) in [5.41, 5.74) is 1.59. The summed E-state index contributed by atoms with van der Waals surface area (Å²) in [6.45, 7) is 6.76. The van der Waals surface area contributed by atoms with Crippen molar-refractivity contribution in [1.82, 2.24) is 10.2 Å². The Hall–Kier alpha value is -2.81. The molecule has 2 aliphatic rings. The number of hydrogen-bond acceptors (Lipinski definition) is 6. The summed E-state index contributed by atoms with van der Waals surface area (Å²) in [6.07, 6.45) is 3.59. The van der Waals surface area contributed by atoms with E-state index >= 15 is 0 Å². The molecule has 2 heterocycles. The smallest absolute Gasteiger partial charge is 0.219 e. The summed E-state index contributed by atoms with van der Waals surface area (Å²) in [7, 11) is 1.92. The first-order valence-corrected chi connectivity index (χ1v) is 12.5. The van der Waals surface area contributed by atoms with Crippen molar-refractivity contribution in [2.45, 2.75) is 51.4 Å². The van der Waals surface area contributed by atoms with E-state index in [2.05, 4.69) is 5.32 Å². The van der Waals surface area contributed by atoms with Gasteiger partial charge in [0, 0.05) is 50.4 Å². The molecule has 0 bridgehead atoms. The van der Waals surface area contributed by atoms with E-state index in [-0.39, 0.29) is 23.6 Å². The number of nitrogens with zero attached hydrogens (tertiary/aromatic N) is 1. The normalized spacial score (nSPS) is 17.3. The van der Waals surface area contributed by atoms with Crippen LogP contribution < -0.4 is 10.1 Å². The van der Waals surface area contributed by atoms with Crippen molar-refractivity contribution in [3.05, 3.63) is 65.5 Å². The molecule has 1 N–H and O–H groups in total. The number of ether oxygens (including phenoxy) is 3. The van der Waals surface area contributed by atoms with E-state index in [0.29, 0.717) is 18.8 Å². The number of benzene rings is 2. The Kier molecular flexibility index (Phi) is 10.4. The van der Waals surface area contributed by atoms with E-state index in [9.17, 15) is 14.0 Å². The molecule has 2 aromatic carbocycles. The molecule has 0 spiro atoms. The molecule has 7 nitrogen and oxygen atoms in total. The van der Waals surface area contributed by atoms with Gasteiger partial charge in [0.1, 0.15) is 17.7 Å². The Bertz CT molecular complexity index is 966. The van der Waals surface area contributed by atoms with Gasteiger partial charge in [-0.3, -0.25) is 9.59 Å². The third-order valence-electron chi connectivity index (χ3n) is 6.42. The number of carbonyl (C=O) groups excluding carboxylic acids is 2. The Morgan fingerprint density at radius 1 is 1.03 bits per heavy atom. The Morgan fingerprint density at radius 3 is 2.17 bits per heavy atom. The van der Waals surface area contributed by atoms with E-state index in [1.165, 1.54) is 12.1 Å². The number of ketones is 1. The minimum atomic E-state index is -0.676. The lowest BCUT2D eigenvalue weighted by Crippen LogP contribution is -2.40. The highest BCUT2D eigenvalue weighted by atomic mass is 19.1. The number of halogens is 1. The molecule has 0 saturated carbocycles. The van der Waals surface area contributed by atoms with E-state index in [0.717, 1.165) is 56.6 Å². The molecule has 2 fully saturated rings. The first kappa shape index (κ1) is 27.8. The number of likely N-dealkylation sites (tertiary alicyclic amines) is 1. The molecule has 36 heavy (non-hydrogen) atoms. The van der Waals surface area contributed by atoms with Gasteiger partial charge < -0.3 is 24.4 Å². The van der Waals surface area contributed by atoms with Gasteiger partial charge in [0.25, 0.3) is 0 Å². The number of rotatable bonds is 8. The van der Waals surface area contributed by atoms with Crippen LogP contribution in [0.5, 0.6) is 5.75 Å². The van der Waals surface area contributed by atoms with Crippen molar-refractivity contribution in [3.63, 3.8) is 0 Å². The molecule has 1 amide bonds. The molecule has 0 aliphatic carbocycles. The quantitative estimate of drug-likeness (QED) is 0.430. The van der Waals surface area contributed by atoms with Gasteiger partial charge in [-0.2, -0.15) is 0 Å². The number of Topliss-reactive ketones (excluding diaryl/α,β-unsaturated/α-hetero) is 1. The van der Waals surface area contributed by atoms with Crippen LogP contribution in [0.25, 0.3) is 0 Å². The van der Waals surface area contributed by atoms with Crippen molar-refractivity contribution in [2.75, 3.05) is 39.9 Å².